The molecule has 2 unspecified atom stereocenters. The van der Waals surface area contributed by atoms with Crippen LogP contribution in [0.3, 0.4) is 0 Å². The Bertz CT molecular complexity index is 368. The third-order valence-corrected chi connectivity index (χ3v) is 5.60. The predicted octanol–water partition coefficient (Wildman–Crippen LogP) is 6.30. The van der Waals surface area contributed by atoms with E-state index in [0.29, 0.717) is 25.0 Å². The molecule has 6 heteroatoms. The van der Waals surface area contributed by atoms with E-state index in [1.165, 1.54) is 70.6 Å². The second-order valence-corrected chi connectivity index (χ2v) is 8.29. The Morgan fingerprint density at radius 1 is 0.621 bits per heavy atom. The third-order valence-electron chi connectivity index (χ3n) is 5.60. The van der Waals surface area contributed by atoms with Crippen LogP contribution in [0.2, 0.25) is 0 Å². The van der Waals surface area contributed by atoms with Gasteiger partial charge in [0.15, 0.2) is 0 Å². The summed E-state index contributed by atoms with van der Waals surface area (Å²) in [6.07, 6.45) is 16.4. The van der Waals surface area contributed by atoms with Crippen LogP contribution >= 0.6 is 0 Å². The summed E-state index contributed by atoms with van der Waals surface area (Å²) in [6.45, 7) is 5.29. The molecule has 0 aliphatic heterocycles. The Hall–Kier alpha value is -1.46. The molecule has 0 aliphatic rings. The summed E-state index contributed by atoms with van der Waals surface area (Å²) >= 11 is 0. The van der Waals surface area contributed by atoms with Gasteiger partial charge >= 0.3 is 12.2 Å². The van der Waals surface area contributed by atoms with Crippen molar-refractivity contribution in [3.63, 3.8) is 0 Å². The number of carbonyl (C=O) groups excluding carboxylic acids is 2. The van der Waals surface area contributed by atoms with Crippen molar-refractivity contribution in [2.45, 2.75) is 110 Å². The fraction of sp³-hybridized carbons (Fsp3) is 0.913. The Balaban J connectivity index is 4.57. The van der Waals surface area contributed by atoms with Crippen LogP contribution in [0.15, 0.2) is 0 Å². The number of nitrogens with two attached hydrogens (primary N) is 2. The molecular weight excluding hydrogens is 368 g/mol. The van der Waals surface area contributed by atoms with Crippen molar-refractivity contribution < 1.29 is 19.1 Å². The number of unbranched alkanes of at least 4 members (excludes halogenated alkanes) is 6. The van der Waals surface area contributed by atoms with Gasteiger partial charge in [0.05, 0.1) is 13.2 Å². The maximum absolute atomic E-state index is 10.8. The van der Waals surface area contributed by atoms with Gasteiger partial charge in [-0.05, 0) is 43.9 Å². The molecule has 4 N–H and O–H groups in total. The van der Waals surface area contributed by atoms with E-state index in [2.05, 4.69) is 13.8 Å². The van der Waals surface area contributed by atoms with E-state index in [-0.39, 0.29) is 0 Å². The van der Waals surface area contributed by atoms with Gasteiger partial charge in [0.2, 0.25) is 0 Å². The molecule has 0 fully saturated rings. The van der Waals surface area contributed by atoms with Crippen LogP contribution in [-0.2, 0) is 9.47 Å². The average molecular weight is 415 g/mol. The van der Waals surface area contributed by atoms with Crippen LogP contribution in [0.5, 0.6) is 0 Å². The summed E-state index contributed by atoms with van der Waals surface area (Å²) in [5.74, 6) is 1.30. The molecule has 0 radical (unpaired) electrons. The molecule has 0 rings (SSSR count). The topological polar surface area (TPSA) is 105 Å². The van der Waals surface area contributed by atoms with E-state index in [1.807, 2.05) is 0 Å². The lowest BCUT2D eigenvalue weighted by Gasteiger charge is -2.24. The van der Waals surface area contributed by atoms with Gasteiger partial charge in [0.25, 0.3) is 0 Å². The number of hydrogen-bond acceptors (Lipinski definition) is 4. The standard InChI is InChI=1S/C23H46N2O4/c1-3-5-7-9-13-20(15-11-17-28-22(24)26)19-21(14-10-8-6-4-2)16-12-18-29-23(25)27/h20-21H,3-19H2,1-2H3,(H2,24,26)(H2,25,27). The molecule has 0 bridgehead atoms. The Labute approximate surface area is 178 Å². The van der Waals surface area contributed by atoms with Crippen molar-refractivity contribution in [1.82, 2.24) is 0 Å². The molecule has 6 nitrogen and oxygen atoms in total. The van der Waals surface area contributed by atoms with E-state index >= 15 is 0 Å². The Morgan fingerprint density at radius 3 is 1.34 bits per heavy atom. The third kappa shape index (κ3) is 19.6. The molecule has 0 aromatic carbocycles. The summed E-state index contributed by atoms with van der Waals surface area (Å²) in [4.78, 5) is 21.6. The summed E-state index contributed by atoms with van der Waals surface area (Å²) in [5.41, 5.74) is 10.1. The van der Waals surface area contributed by atoms with Gasteiger partial charge in [-0.1, -0.05) is 78.1 Å². The number of ether oxygens (including phenoxy) is 2. The van der Waals surface area contributed by atoms with Crippen molar-refractivity contribution in [3.05, 3.63) is 0 Å². The van der Waals surface area contributed by atoms with E-state index in [0.717, 1.165) is 25.7 Å². The van der Waals surface area contributed by atoms with Crippen molar-refractivity contribution in [1.29, 1.82) is 0 Å². The second-order valence-electron chi connectivity index (χ2n) is 8.29. The molecule has 0 saturated heterocycles. The van der Waals surface area contributed by atoms with Gasteiger partial charge in [0, 0.05) is 0 Å². The quantitative estimate of drug-likeness (QED) is 0.228. The monoisotopic (exact) mass is 414 g/mol. The van der Waals surface area contributed by atoms with Crippen molar-refractivity contribution in [2.75, 3.05) is 13.2 Å². The van der Waals surface area contributed by atoms with Crippen molar-refractivity contribution >= 4 is 12.2 Å². The first kappa shape index (κ1) is 27.5. The molecule has 172 valence electrons. The summed E-state index contributed by atoms with van der Waals surface area (Å²) < 4.78 is 9.83. The zero-order valence-electron chi connectivity index (χ0n) is 19.0. The van der Waals surface area contributed by atoms with E-state index in [4.69, 9.17) is 20.9 Å². The van der Waals surface area contributed by atoms with Gasteiger partial charge in [0.1, 0.15) is 0 Å². The fourth-order valence-electron chi connectivity index (χ4n) is 4.04. The first-order valence-corrected chi connectivity index (χ1v) is 11.8. The highest BCUT2D eigenvalue weighted by atomic mass is 16.5. The summed E-state index contributed by atoms with van der Waals surface area (Å²) in [7, 11) is 0. The van der Waals surface area contributed by atoms with Gasteiger partial charge in [-0.15, -0.1) is 0 Å². The number of carbonyl (C=O) groups is 2. The highest BCUT2D eigenvalue weighted by Crippen LogP contribution is 2.29. The zero-order chi connectivity index (χ0) is 21.7. The molecule has 0 aliphatic carbocycles. The van der Waals surface area contributed by atoms with Crippen LogP contribution in [0.25, 0.3) is 0 Å². The Morgan fingerprint density at radius 2 is 1.00 bits per heavy atom. The molecule has 0 spiro atoms. The maximum Gasteiger partial charge on any atom is 0.404 e. The number of rotatable bonds is 20. The molecular formula is C23H46N2O4. The SMILES string of the molecule is CCCCCCC(CCCOC(N)=O)CC(CCCCCC)CCCOC(N)=O. The van der Waals surface area contributed by atoms with Crippen molar-refractivity contribution in [3.8, 4) is 0 Å². The first-order chi connectivity index (χ1) is 14.0. The smallest absolute Gasteiger partial charge is 0.404 e. The van der Waals surface area contributed by atoms with Gasteiger partial charge in [-0.3, -0.25) is 0 Å². The van der Waals surface area contributed by atoms with Gasteiger partial charge in [-0.25, -0.2) is 9.59 Å². The van der Waals surface area contributed by atoms with E-state index < -0.39 is 12.2 Å². The molecule has 29 heavy (non-hydrogen) atoms. The lowest BCUT2D eigenvalue weighted by molar-refractivity contribution is 0.148. The number of primary amides is 2. The van der Waals surface area contributed by atoms with Crippen LogP contribution in [0.4, 0.5) is 9.59 Å². The average Bonchev–Trinajstić information content (AvgIpc) is 2.67. The molecule has 0 saturated carbocycles. The lowest BCUT2D eigenvalue weighted by Crippen LogP contribution is -2.16. The molecule has 0 aromatic rings. The fourth-order valence-corrected chi connectivity index (χ4v) is 4.04. The van der Waals surface area contributed by atoms with Crippen LogP contribution in [-0.4, -0.2) is 25.4 Å². The number of hydrogen-bond donors (Lipinski definition) is 2. The minimum atomic E-state index is -0.687. The van der Waals surface area contributed by atoms with Crippen LogP contribution in [0, 0.1) is 11.8 Å². The number of amides is 2. The Kier molecular flexibility index (Phi) is 18.8. The van der Waals surface area contributed by atoms with Gasteiger partial charge in [-0.2, -0.15) is 0 Å². The molecule has 0 aromatic heterocycles. The highest BCUT2D eigenvalue weighted by molar-refractivity contribution is 5.64. The second kappa shape index (κ2) is 19.8. The lowest BCUT2D eigenvalue weighted by atomic mass is 9.82. The minimum Gasteiger partial charge on any atom is -0.450 e. The molecule has 0 heterocycles. The minimum absolute atomic E-state index is 0.411. The first-order valence-electron chi connectivity index (χ1n) is 11.8. The normalized spacial score (nSPS) is 13.0. The van der Waals surface area contributed by atoms with Crippen molar-refractivity contribution in [2.24, 2.45) is 23.3 Å². The van der Waals surface area contributed by atoms with E-state index in [1.54, 1.807) is 0 Å². The van der Waals surface area contributed by atoms with Gasteiger partial charge < -0.3 is 20.9 Å². The van der Waals surface area contributed by atoms with Crippen LogP contribution in [0.1, 0.15) is 110 Å². The highest BCUT2D eigenvalue weighted by Gasteiger charge is 2.17. The molecule has 2 amide bonds. The maximum atomic E-state index is 10.8. The summed E-state index contributed by atoms with van der Waals surface area (Å²) in [6, 6.07) is 0. The van der Waals surface area contributed by atoms with Crippen LogP contribution < -0.4 is 11.5 Å². The summed E-state index contributed by atoms with van der Waals surface area (Å²) in [5, 5.41) is 0. The predicted molar refractivity (Wildman–Crippen MR) is 119 cm³/mol. The largest absolute Gasteiger partial charge is 0.450 e. The zero-order valence-corrected chi connectivity index (χ0v) is 19.0. The van der Waals surface area contributed by atoms with E-state index in [9.17, 15) is 9.59 Å². The molecule has 2 atom stereocenters.